The van der Waals surface area contributed by atoms with Gasteiger partial charge in [-0.15, -0.1) is 0 Å². The van der Waals surface area contributed by atoms with Crippen LogP contribution in [-0.2, 0) is 15.1 Å². The molecule has 122 valence electrons. The fourth-order valence-electron chi connectivity index (χ4n) is 3.11. The molecule has 2 aromatic rings. The molecule has 0 fully saturated rings. The van der Waals surface area contributed by atoms with E-state index in [1.807, 2.05) is 62.4 Å². The second-order valence-corrected chi connectivity index (χ2v) is 6.16. The van der Waals surface area contributed by atoms with Crippen LogP contribution < -0.4 is 9.47 Å². The van der Waals surface area contributed by atoms with Crippen molar-refractivity contribution in [2.45, 2.75) is 19.4 Å². The van der Waals surface area contributed by atoms with E-state index in [9.17, 15) is 4.79 Å². The Balaban J connectivity index is 1.84. The van der Waals surface area contributed by atoms with Crippen molar-refractivity contribution in [2.75, 3.05) is 6.79 Å². The predicted molar refractivity (Wildman–Crippen MR) is 88.2 cm³/mol. The Hall–Kier alpha value is -2.82. The zero-order chi connectivity index (χ0) is 16.7. The summed E-state index contributed by atoms with van der Waals surface area (Å²) in [5.41, 5.74) is 0.457. The van der Waals surface area contributed by atoms with E-state index in [1.54, 1.807) is 0 Å². The molecular formula is C19H17NO4. The quantitative estimate of drug-likeness (QED) is 0.814. The maximum absolute atomic E-state index is 12.8. The Labute approximate surface area is 139 Å². The third-order valence-electron chi connectivity index (χ3n) is 4.45. The topological polar surface area (TPSA) is 57.1 Å². The second-order valence-electron chi connectivity index (χ2n) is 6.16. The van der Waals surface area contributed by atoms with Crippen LogP contribution >= 0.6 is 0 Å². The van der Waals surface area contributed by atoms with Gasteiger partial charge in [-0.05, 0) is 35.7 Å². The van der Waals surface area contributed by atoms with Crippen LogP contribution in [0, 0.1) is 5.92 Å². The molecule has 2 aromatic carbocycles. The Morgan fingerprint density at radius 2 is 1.79 bits per heavy atom. The SMILES string of the molecule is CC(C)[C@]1(c2ccc3c(c2)OCO3)N=C(c2ccccc2)OC1=O. The maximum atomic E-state index is 12.8. The van der Waals surface area contributed by atoms with Gasteiger partial charge in [0.15, 0.2) is 17.0 Å². The predicted octanol–water partition coefficient (Wildman–Crippen LogP) is 3.27. The van der Waals surface area contributed by atoms with Crippen molar-refractivity contribution in [3.8, 4) is 11.5 Å². The lowest BCUT2D eigenvalue weighted by Crippen LogP contribution is -2.36. The first-order chi connectivity index (χ1) is 11.6. The lowest BCUT2D eigenvalue weighted by Gasteiger charge is -2.26. The number of nitrogens with zero attached hydrogens (tertiary/aromatic N) is 1. The molecule has 0 bridgehead atoms. The standard InChI is InChI=1S/C19H17NO4/c1-12(2)19(14-8-9-15-16(10-14)23-11-22-15)18(21)24-17(20-19)13-6-4-3-5-7-13/h3-10,12H,11H2,1-2H3/t19-/m1/s1. The summed E-state index contributed by atoms with van der Waals surface area (Å²) >= 11 is 0. The average molecular weight is 323 g/mol. The Kier molecular flexibility index (Phi) is 3.30. The molecular weight excluding hydrogens is 306 g/mol. The minimum absolute atomic E-state index is 0.0772. The van der Waals surface area contributed by atoms with E-state index in [-0.39, 0.29) is 18.7 Å². The van der Waals surface area contributed by atoms with Crippen LogP contribution in [0.1, 0.15) is 25.0 Å². The molecule has 4 rings (SSSR count). The van der Waals surface area contributed by atoms with Gasteiger partial charge in [-0.1, -0.05) is 38.1 Å². The normalized spacial score (nSPS) is 21.8. The third kappa shape index (κ3) is 2.08. The minimum atomic E-state index is -1.08. The van der Waals surface area contributed by atoms with Crippen LogP contribution in [0.2, 0.25) is 0 Å². The highest BCUT2D eigenvalue weighted by Gasteiger charge is 2.50. The van der Waals surface area contributed by atoms with Crippen LogP contribution in [-0.4, -0.2) is 18.7 Å². The molecule has 0 aliphatic carbocycles. The summed E-state index contributed by atoms with van der Waals surface area (Å²) in [6.45, 7) is 4.11. The molecule has 0 aromatic heterocycles. The molecule has 1 atom stereocenters. The molecule has 5 nitrogen and oxygen atoms in total. The first-order valence-corrected chi connectivity index (χ1v) is 7.89. The average Bonchev–Trinajstić information content (AvgIpc) is 3.19. The van der Waals surface area contributed by atoms with Gasteiger partial charge in [-0.25, -0.2) is 9.79 Å². The van der Waals surface area contributed by atoms with Gasteiger partial charge in [-0.2, -0.15) is 0 Å². The van der Waals surface area contributed by atoms with Crippen molar-refractivity contribution < 1.29 is 19.0 Å². The number of carbonyl (C=O) groups excluding carboxylic acids is 1. The van der Waals surface area contributed by atoms with Gasteiger partial charge in [0.05, 0.1) is 0 Å². The summed E-state index contributed by atoms with van der Waals surface area (Å²) in [6.07, 6.45) is 0. The van der Waals surface area contributed by atoms with Crippen molar-refractivity contribution in [1.82, 2.24) is 0 Å². The van der Waals surface area contributed by atoms with Crippen molar-refractivity contribution >= 4 is 11.9 Å². The number of hydrogen-bond acceptors (Lipinski definition) is 5. The lowest BCUT2D eigenvalue weighted by molar-refractivity contribution is -0.141. The zero-order valence-electron chi connectivity index (χ0n) is 13.5. The zero-order valence-corrected chi connectivity index (χ0v) is 13.5. The molecule has 0 radical (unpaired) electrons. The van der Waals surface area contributed by atoms with Crippen molar-refractivity contribution in [1.29, 1.82) is 0 Å². The van der Waals surface area contributed by atoms with E-state index in [0.29, 0.717) is 17.4 Å². The number of benzene rings is 2. The first-order valence-electron chi connectivity index (χ1n) is 7.89. The minimum Gasteiger partial charge on any atom is -0.454 e. The van der Waals surface area contributed by atoms with Crippen LogP contribution in [0.3, 0.4) is 0 Å². The van der Waals surface area contributed by atoms with Gasteiger partial charge in [-0.3, -0.25) is 0 Å². The van der Waals surface area contributed by atoms with E-state index in [1.165, 1.54) is 0 Å². The fraction of sp³-hybridized carbons (Fsp3) is 0.263. The number of ether oxygens (including phenoxy) is 3. The maximum Gasteiger partial charge on any atom is 0.345 e. The van der Waals surface area contributed by atoms with Crippen molar-refractivity contribution in [3.63, 3.8) is 0 Å². The van der Waals surface area contributed by atoms with Crippen LogP contribution in [0.15, 0.2) is 53.5 Å². The third-order valence-corrected chi connectivity index (χ3v) is 4.45. The highest BCUT2D eigenvalue weighted by atomic mass is 16.7. The van der Waals surface area contributed by atoms with E-state index < -0.39 is 5.54 Å². The molecule has 0 saturated heterocycles. The van der Waals surface area contributed by atoms with E-state index in [2.05, 4.69) is 0 Å². The Morgan fingerprint density at radius 1 is 1.04 bits per heavy atom. The number of rotatable bonds is 3. The van der Waals surface area contributed by atoms with Crippen molar-refractivity contribution in [2.24, 2.45) is 10.9 Å². The number of esters is 1. The largest absolute Gasteiger partial charge is 0.454 e. The summed E-state index contributed by atoms with van der Waals surface area (Å²) in [7, 11) is 0. The van der Waals surface area contributed by atoms with E-state index in [0.717, 1.165) is 11.1 Å². The first kappa shape index (κ1) is 14.8. The number of aliphatic imine (C=N–C) groups is 1. The monoisotopic (exact) mass is 323 g/mol. The van der Waals surface area contributed by atoms with Crippen LogP contribution in [0.4, 0.5) is 0 Å². The Bertz CT molecular complexity index is 829. The molecule has 0 N–H and O–H groups in total. The molecule has 24 heavy (non-hydrogen) atoms. The van der Waals surface area contributed by atoms with E-state index in [4.69, 9.17) is 19.2 Å². The Morgan fingerprint density at radius 3 is 2.54 bits per heavy atom. The van der Waals surface area contributed by atoms with E-state index >= 15 is 0 Å². The number of carbonyl (C=O) groups is 1. The lowest BCUT2D eigenvalue weighted by atomic mass is 9.80. The fourth-order valence-corrected chi connectivity index (χ4v) is 3.11. The summed E-state index contributed by atoms with van der Waals surface area (Å²) in [6, 6.07) is 14.9. The summed E-state index contributed by atoms with van der Waals surface area (Å²) in [4.78, 5) is 17.5. The summed E-state index contributed by atoms with van der Waals surface area (Å²) in [5.74, 6) is 1.22. The van der Waals surface area contributed by atoms with Gasteiger partial charge in [0, 0.05) is 5.56 Å². The molecule has 2 aliphatic rings. The highest BCUT2D eigenvalue weighted by Crippen LogP contribution is 2.43. The van der Waals surface area contributed by atoms with Gasteiger partial charge in [0.2, 0.25) is 12.7 Å². The molecule has 0 unspecified atom stereocenters. The van der Waals surface area contributed by atoms with Crippen LogP contribution in [0.5, 0.6) is 11.5 Å². The van der Waals surface area contributed by atoms with Gasteiger partial charge >= 0.3 is 5.97 Å². The summed E-state index contributed by atoms with van der Waals surface area (Å²) < 4.78 is 16.3. The molecule has 2 aliphatic heterocycles. The van der Waals surface area contributed by atoms with Gasteiger partial charge in [0.1, 0.15) is 0 Å². The molecule has 0 saturated carbocycles. The summed E-state index contributed by atoms with van der Waals surface area (Å²) in [5, 5.41) is 0. The van der Waals surface area contributed by atoms with Crippen molar-refractivity contribution in [3.05, 3.63) is 59.7 Å². The smallest absolute Gasteiger partial charge is 0.345 e. The van der Waals surface area contributed by atoms with Gasteiger partial charge < -0.3 is 14.2 Å². The van der Waals surface area contributed by atoms with Crippen LogP contribution in [0.25, 0.3) is 0 Å². The molecule has 5 heteroatoms. The second kappa shape index (κ2) is 5.37. The number of hydrogen-bond donors (Lipinski definition) is 0. The number of cyclic esters (lactones) is 1. The molecule has 0 amide bonds. The van der Waals surface area contributed by atoms with Gasteiger partial charge in [0.25, 0.3) is 0 Å². The number of fused-ring (bicyclic) bond motifs is 1. The molecule has 2 heterocycles. The molecule has 0 spiro atoms. The highest BCUT2D eigenvalue weighted by molar-refractivity contribution is 6.08.